The Balaban J connectivity index is 1.40. The van der Waals surface area contributed by atoms with Gasteiger partial charge in [-0.2, -0.15) is 10.5 Å². The highest BCUT2D eigenvalue weighted by molar-refractivity contribution is 6.07. The molecule has 0 fully saturated rings. The van der Waals surface area contributed by atoms with Crippen molar-refractivity contribution >= 4 is 43.9 Å². The molecule has 0 bridgehead atoms. The fraction of sp³-hybridized carbons (Fsp3) is 0. The summed E-state index contributed by atoms with van der Waals surface area (Å²) in [6, 6.07) is 44.5. The Morgan fingerprint density at radius 1 is 0.405 bits per heavy atom. The number of hydrogen-bond acceptors (Lipinski definition) is 4. The number of nitrogens with zero attached hydrogens (tertiary/aromatic N) is 2. The Hall–Kier alpha value is -6.10. The van der Waals surface area contributed by atoms with E-state index in [9.17, 15) is 10.5 Å². The molecule has 0 aliphatic heterocycles. The zero-order valence-corrected chi connectivity index (χ0v) is 22.3. The molecule has 2 aromatic heterocycles. The molecule has 0 saturated carbocycles. The maximum atomic E-state index is 10.5. The van der Waals surface area contributed by atoms with Crippen LogP contribution in [-0.2, 0) is 0 Å². The van der Waals surface area contributed by atoms with E-state index in [2.05, 4.69) is 30.3 Å². The molecule has 0 amide bonds. The fourth-order valence-corrected chi connectivity index (χ4v) is 5.98. The maximum absolute atomic E-state index is 10.5. The Bertz CT molecular complexity index is 2450. The molecule has 0 aliphatic rings. The number of fused-ring (bicyclic) bond motifs is 6. The summed E-state index contributed by atoms with van der Waals surface area (Å²) in [5.41, 5.74) is 9.14. The fourth-order valence-electron chi connectivity index (χ4n) is 5.98. The minimum Gasteiger partial charge on any atom is -0.456 e. The lowest BCUT2D eigenvalue weighted by molar-refractivity contribution is 0.668. The summed E-state index contributed by atoms with van der Waals surface area (Å²) in [4.78, 5) is 0. The van der Waals surface area contributed by atoms with Crippen molar-refractivity contribution in [1.82, 2.24) is 0 Å². The summed E-state index contributed by atoms with van der Waals surface area (Å²) in [7, 11) is 0. The van der Waals surface area contributed by atoms with E-state index in [1.54, 1.807) is 6.07 Å². The van der Waals surface area contributed by atoms with Crippen LogP contribution in [0.15, 0.2) is 130 Å². The van der Waals surface area contributed by atoms with E-state index in [4.69, 9.17) is 8.83 Å². The summed E-state index contributed by atoms with van der Waals surface area (Å²) in [5, 5.41) is 24.7. The minimum atomic E-state index is 0.502. The molecule has 8 aromatic rings. The molecule has 0 radical (unpaired) electrons. The number of rotatable bonds is 3. The lowest BCUT2D eigenvalue weighted by atomic mass is 9.87. The van der Waals surface area contributed by atoms with E-state index in [1.165, 1.54) is 0 Å². The molecule has 6 aromatic carbocycles. The SMILES string of the molecule is N#Cc1ccccc1-c1cc(-c2ccc3c(c2)oc2ccccc23)cc(-c2ccc3c(c2)oc2ccccc23)c1C#N. The minimum absolute atomic E-state index is 0.502. The number of benzene rings is 6. The van der Waals surface area contributed by atoms with E-state index in [-0.39, 0.29) is 0 Å². The third-order valence-corrected chi connectivity index (χ3v) is 7.99. The zero-order chi connectivity index (χ0) is 28.2. The van der Waals surface area contributed by atoms with Gasteiger partial charge in [-0.3, -0.25) is 0 Å². The molecule has 4 nitrogen and oxygen atoms in total. The van der Waals surface area contributed by atoms with Crippen molar-refractivity contribution in [2.24, 2.45) is 0 Å². The normalized spacial score (nSPS) is 11.3. The van der Waals surface area contributed by atoms with Gasteiger partial charge >= 0.3 is 0 Å². The van der Waals surface area contributed by atoms with Crippen molar-refractivity contribution in [2.75, 3.05) is 0 Å². The van der Waals surface area contributed by atoms with E-state index < -0.39 is 0 Å². The topological polar surface area (TPSA) is 73.9 Å². The first-order valence-corrected chi connectivity index (χ1v) is 13.6. The van der Waals surface area contributed by atoms with Crippen LogP contribution in [0.3, 0.4) is 0 Å². The second-order valence-corrected chi connectivity index (χ2v) is 10.3. The van der Waals surface area contributed by atoms with Gasteiger partial charge in [0.25, 0.3) is 0 Å². The van der Waals surface area contributed by atoms with Gasteiger partial charge in [-0.25, -0.2) is 0 Å². The summed E-state index contributed by atoms with van der Waals surface area (Å²) < 4.78 is 12.4. The predicted octanol–water partition coefficient (Wildman–Crippen LogP) is 10.2. The maximum Gasteiger partial charge on any atom is 0.136 e. The van der Waals surface area contributed by atoms with Crippen molar-refractivity contribution < 1.29 is 8.83 Å². The summed E-state index contributed by atoms with van der Waals surface area (Å²) >= 11 is 0. The first-order valence-electron chi connectivity index (χ1n) is 13.6. The molecule has 0 atom stereocenters. The van der Waals surface area contributed by atoms with Crippen molar-refractivity contribution in [3.63, 3.8) is 0 Å². The highest BCUT2D eigenvalue weighted by Crippen LogP contribution is 2.41. The van der Waals surface area contributed by atoms with Crippen molar-refractivity contribution in [1.29, 1.82) is 10.5 Å². The molecule has 4 heteroatoms. The molecule has 0 aliphatic carbocycles. The van der Waals surface area contributed by atoms with Crippen LogP contribution in [0.1, 0.15) is 11.1 Å². The summed E-state index contributed by atoms with van der Waals surface area (Å²) in [5.74, 6) is 0. The molecule has 0 N–H and O–H groups in total. The predicted molar refractivity (Wildman–Crippen MR) is 167 cm³/mol. The van der Waals surface area contributed by atoms with Gasteiger partial charge in [0.2, 0.25) is 0 Å². The largest absolute Gasteiger partial charge is 0.456 e. The second kappa shape index (κ2) is 9.24. The van der Waals surface area contributed by atoms with E-state index in [0.717, 1.165) is 66.1 Å². The smallest absolute Gasteiger partial charge is 0.136 e. The third kappa shape index (κ3) is 3.60. The molecule has 0 spiro atoms. The highest BCUT2D eigenvalue weighted by atomic mass is 16.3. The lowest BCUT2D eigenvalue weighted by Gasteiger charge is -2.15. The molecule has 194 valence electrons. The molecular weight excluding hydrogens is 516 g/mol. The average molecular weight is 537 g/mol. The van der Waals surface area contributed by atoms with Gasteiger partial charge in [0.05, 0.1) is 17.2 Å². The van der Waals surface area contributed by atoms with Crippen LogP contribution >= 0.6 is 0 Å². The number of hydrogen-bond donors (Lipinski definition) is 0. The summed E-state index contributed by atoms with van der Waals surface area (Å²) in [6.45, 7) is 0. The third-order valence-electron chi connectivity index (χ3n) is 7.99. The van der Waals surface area contributed by atoms with Crippen LogP contribution < -0.4 is 0 Å². The summed E-state index contributed by atoms with van der Waals surface area (Å²) in [6.07, 6.45) is 0. The molecule has 8 rings (SSSR count). The van der Waals surface area contributed by atoms with Crippen molar-refractivity contribution in [2.45, 2.75) is 0 Å². The van der Waals surface area contributed by atoms with Gasteiger partial charge in [0, 0.05) is 38.2 Å². The Morgan fingerprint density at radius 3 is 1.62 bits per heavy atom. The van der Waals surface area contributed by atoms with Crippen LogP contribution in [0, 0.1) is 22.7 Å². The Morgan fingerprint density at radius 2 is 0.952 bits per heavy atom. The first kappa shape index (κ1) is 23.8. The van der Waals surface area contributed by atoms with Crippen LogP contribution in [-0.4, -0.2) is 0 Å². The van der Waals surface area contributed by atoms with Crippen LogP contribution in [0.4, 0.5) is 0 Å². The Labute approximate surface area is 240 Å². The van der Waals surface area contributed by atoms with Gasteiger partial charge in [0.1, 0.15) is 28.4 Å². The van der Waals surface area contributed by atoms with E-state index in [1.807, 2.05) is 97.1 Å². The van der Waals surface area contributed by atoms with Crippen LogP contribution in [0.5, 0.6) is 0 Å². The van der Waals surface area contributed by atoms with Gasteiger partial charge in [0.15, 0.2) is 0 Å². The average Bonchev–Trinajstić information content (AvgIpc) is 3.61. The molecule has 42 heavy (non-hydrogen) atoms. The molecule has 2 heterocycles. The van der Waals surface area contributed by atoms with E-state index >= 15 is 0 Å². The number of furan rings is 2. The monoisotopic (exact) mass is 536 g/mol. The molecule has 0 unspecified atom stereocenters. The van der Waals surface area contributed by atoms with Crippen LogP contribution in [0.2, 0.25) is 0 Å². The van der Waals surface area contributed by atoms with E-state index in [0.29, 0.717) is 22.3 Å². The van der Waals surface area contributed by atoms with Crippen molar-refractivity contribution in [3.05, 3.63) is 132 Å². The van der Waals surface area contributed by atoms with Gasteiger partial charge in [-0.15, -0.1) is 0 Å². The quantitative estimate of drug-likeness (QED) is 0.225. The molecular formula is C38H20N2O2. The zero-order valence-electron chi connectivity index (χ0n) is 22.3. The number of para-hydroxylation sites is 2. The second-order valence-electron chi connectivity index (χ2n) is 10.3. The van der Waals surface area contributed by atoms with Crippen molar-refractivity contribution in [3.8, 4) is 45.5 Å². The van der Waals surface area contributed by atoms with Gasteiger partial charge < -0.3 is 8.83 Å². The standard InChI is InChI=1S/C38H20N2O2/c39-21-25-7-1-2-8-27(25)33-18-26(23-13-15-30-28-9-3-5-11-35(28)41-37(30)19-23)17-32(34(33)22-40)24-14-16-31-29-10-4-6-12-36(29)42-38(31)20-24/h1-20H. The number of nitriles is 2. The Kier molecular flexibility index (Phi) is 5.22. The van der Waals surface area contributed by atoms with Gasteiger partial charge in [-0.05, 0) is 71.3 Å². The van der Waals surface area contributed by atoms with Crippen LogP contribution in [0.25, 0.3) is 77.3 Å². The highest BCUT2D eigenvalue weighted by Gasteiger charge is 2.19. The molecule has 0 saturated heterocycles. The first-order chi connectivity index (χ1) is 20.7. The lowest BCUT2D eigenvalue weighted by Crippen LogP contribution is -1.94. The van der Waals surface area contributed by atoms with Gasteiger partial charge in [-0.1, -0.05) is 66.7 Å².